The predicted octanol–water partition coefficient (Wildman–Crippen LogP) is 4.16. The van der Waals surface area contributed by atoms with Crippen LogP contribution in [-0.2, 0) is 11.4 Å². The Kier molecular flexibility index (Phi) is 5.33. The first kappa shape index (κ1) is 18.5. The Morgan fingerprint density at radius 1 is 1.12 bits per heavy atom. The van der Waals surface area contributed by atoms with Crippen LogP contribution in [0.25, 0.3) is 0 Å². The molecule has 0 amide bonds. The number of aliphatic carboxylic acids is 1. The molecule has 2 aromatic rings. The van der Waals surface area contributed by atoms with Crippen molar-refractivity contribution in [3.63, 3.8) is 0 Å². The van der Waals surface area contributed by atoms with E-state index in [-0.39, 0.29) is 11.5 Å². The van der Waals surface area contributed by atoms with Crippen LogP contribution in [0.2, 0.25) is 0 Å². The van der Waals surface area contributed by atoms with E-state index in [1.54, 1.807) is 0 Å². The van der Waals surface area contributed by atoms with Crippen LogP contribution in [0, 0.1) is 5.92 Å². The zero-order valence-electron chi connectivity index (χ0n) is 15.7. The van der Waals surface area contributed by atoms with E-state index in [9.17, 15) is 9.90 Å². The third kappa shape index (κ3) is 4.25. The number of benzene rings is 2. The van der Waals surface area contributed by atoms with Crippen molar-refractivity contribution in [1.29, 1.82) is 0 Å². The Morgan fingerprint density at radius 2 is 1.85 bits per heavy atom. The lowest BCUT2D eigenvalue weighted by atomic mass is 9.89. The van der Waals surface area contributed by atoms with Gasteiger partial charge in [0.25, 0.3) is 0 Å². The highest BCUT2D eigenvalue weighted by Crippen LogP contribution is 2.37. The summed E-state index contributed by atoms with van der Waals surface area (Å²) in [4.78, 5) is 14.1. The Bertz CT molecular complexity index is 751. The smallest absolute Gasteiger partial charge is 0.308 e. The van der Waals surface area contributed by atoms with Gasteiger partial charge in [-0.25, -0.2) is 0 Å². The van der Waals surface area contributed by atoms with Crippen LogP contribution in [0.5, 0.6) is 5.75 Å². The Balaban J connectivity index is 1.76. The molecule has 2 aromatic carbocycles. The molecule has 1 fully saturated rings. The van der Waals surface area contributed by atoms with E-state index in [1.165, 1.54) is 0 Å². The second-order valence-electron chi connectivity index (χ2n) is 7.97. The zero-order valence-corrected chi connectivity index (χ0v) is 15.7. The summed E-state index contributed by atoms with van der Waals surface area (Å²) in [5, 5.41) is 9.69. The van der Waals surface area contributed by atoms with Gasteiger partial charge in [-0.3, -0.25) is 9.69 Å². The molecule has 0 saturated carbocycles. The van der Waals surface area contributed by atoms with Crippen molar-refractivity contribution >= 4 is 5.97 Å². The first-order valence-electron chi connectivity index (χ1n) is 9.09. The predicted molar refractivity (Wildman–Crippen MR) is 102 cm³/mol. The minimum Gasteiger partial charge on any atom is -0.489 e. The van der Waals surface area contributed by atoms with Crippen LogP contribution in [-0.4, -0.2) is 34.6 Å². The second-order valence-corrected chi connectivity index (χ2v) is 7.97. The average Bonchev–Trinajstić information content (AvgIpc) is 3.07. The van der Waals surface area contributed by atoms with E-state index in [1.807, 2.05) is 54.6 Å². The third-order valence-electron chi connectivity index (χ3n) is 5.12. The molecule has 1 aliphatic heterocycles. The van der Waals surface area contributed by atoms with Crippen molar-refractivity contribution in [2.24, 2.45) is 5.92 Å². The molecule has 0 spiro atoms. The van der Waals surface area contributed by atoms with Crippen molar-refractivity contribution in [2.45, 2.75) is 38.8 Å². The molecule has 3 rings (SSSR count). The van der Waals surface area contributed by atoms with E-state index in [0.29, 0.717) is 13.2 Å². The van der Waals surface area contributed by atoms with Crippen molar-refractivity contribution in [1.82, 2.24) is 4.90 Å². The maximum atomic E-state index is 11.8. The van der Waals surface area contributed by atoms with Gasteiger partial charge in [-0.1, -0.05) is 42.5 Å². The fraction of sp³-hybridized carbons (Fsp3) is 0.409. The number of carboxylic acids is 1. The van der Waals surface area contributed by atoms with Crippen LogP contribution in [0.4, 0.5) is 0 Å². The van der Waals surface area contributed by atoms with Crippen LogP contribution in [0.15, 0.2) is 54.6 Å². The second kappa shape index (κ2) is 7.50. The summed E-state index contributed by atoms with van der Waals surface area (Å²) in [6.45, 7) is 8.24. The molecular weight excluding hydrogens is 326 g/mol. The van der Waals surface area contributed by atoms with Crippen LogP contribution in [0.3, 0.4) is 0 Å². The SMILES string of the molecule is CC(C)(C)N1C[C@@H](C(=O)O)[C@H](c2cccc(OCc3ccccc3)c2)C1. The molecule has 0 aliphatic carbocycles. The Morgan fingerprint density at radius 3 is 2.50 bits per heavy atom. The summed E-state index contributed by atoms with van der Waals surface area (Å²) in [5.74, 6) is -0.354. The summed E-state index contributed by atoms with van der Waals surface area (Å²) < 4.78 is 5.92. The molecule has 1 heterocycles. The number of ether oxygens (including phenoxy) is 1. The zero-order chi connectivity index (χ0) is 18.7. The summed E-state index contributed by atoms with van der Waals surface area (Å²) in [7, 11) is 0. The van der Waals surface area contributed by atoms with E-state index >= 15 is 0 Å². The fourth-order valence-electron chi connectivity index (χ4n) is 3.52. The van der Waals surface area contributed by atoms with Crippen molar-refractivity contribution in [3.05, 3.63) is 65.7 Å². The number of rotatable bonds is 5. The Labute approximate surface area is 155 Å². The number of carboxylic acid groups (broad SMARTS) is 1. The molecule has 26 heavy (non-hydrogen) atoms. The van der Waals surface area contributed by atoms with Gasteiger partial charge in [-0.2, -0.15) is 0 Å². The number of nitrogens with zero attached hydrogens (tertiary/aromatic N) is 1. The first-order chi connectivity index (χ1) is 12.3. The van der Waals surface area contributed by atoms with Crippen molar-refractivity contribution in [2.75, 3.05) is 13.1 Å². The molecule has 1 saturated heterocycles. The molecule has 1 aliphatic rings. The van der Waals surface area contributed by atoms with Gasteiger partial charge < -0.3 is 9.84 Å². The van der Waals surface area contributed by atoms with Crippen LogP contribution < -0.4 is 4.74 Å². The fourth-order valence-corrected chi connectivity index (χ4v) is 3.52. The standard InChI is InChI=1S/C22H27NO3/c1-22(2,3)23-13-19(20(14-23)21(24)25)17-10-7-11-18(12-17)26-15-16-8-5-4-6-9-16/h4-12,19-20H,13-15H2,1-3H3,(H,24,25)/t19-,20+/m0/s1. The maximum Gasteiger partial charge on any atom is 0.308 e. The van der Waals surface area contributed by atoms with Crippen LogP contribution in [0.1, 0.15) is 37.8 Å². The normalized spacial score (nSPS) is 20.9. The van der Waals surface area contributed by atoms with E-state index in [4.69, 9.17) is 4.74 Å². The molecular formula is C22H27NO3. The quantitative estimate of drug-likeness (QED) is 0.877. The molecule has 0 bridgehead atoms. The first-order valence-corrected chi connectivity index (χ1v) is 9.09. The summed E-state index contributed by atoms with van der Waals surface area (Å²) >= 11 is 0. The van der Waals surface area contributed by atoms with Gasteiger partial charge in [-0.15, -0.1) is 0 Å². The highest BCUT2D eigenvalue weighted by molar-refractivity contribution is 5.72. The van der Waals surface area contributed by atoms with Gasteiger partial charge >= 0.3 is 5.97 Å². The minimum absolute atomic E-state index is 0.0213. The maximum absolute atomic E-state index is 11.8. The van der Waals surface area contributed by atoms with Gasteiger partial charge in [0, 0.05) is 24.5 Å². The largest absolute Gasteiger partial charge is 0.489 e. The molecule has 0 aromatic heterocycles. The minimum atomic E-state index is -0.725. The van der Waals surface area contributed by atoms with E-state index in [0.717, 1.165) is 23.4 Å². The molecule has 0 unspecified atom stereocenters. The topological polar surface area (TPSA) is 49.8 Å². The van der Waals surface area contributed by atoms with Gasteiger partial charge in [0.05, 0.1) is 5.92 Å². The van der Waals surface area contributed by atoms with Gasteiger partial charge in [0.2, 0.25) is 0 Å². The van der Waals surface area contributed by atoms with E-state index in [2.05, 4.69) is 25.7 Å². The number of likely N-dealkylation sites (tertiary alicyclic amines) is 1. The van der Waals surface area contributed by atoms with E-state index < -0.39 is 11.9 Å². The monoisotopic (exact) mass is 353 g/mol. The Hall–Kier alpha value is -2.33. The van der Waals surface area contributed by atoms with Gasteiger partial charge in [0.1, 0.15) is 12.4 Å². The third-order valence-corrected chi connectivity index (χ3v) is 5.12. The van der Waals surface area contributed by atoms with Crippen LogP contribution >= 0.6 is 0 Å². The lowest BCUT2D eigenvalue weighted by Crippen LogP contribution is -2.40. The highest BCUT2D eigenvalue weighted by atomic mass is 16.5. The number of carbonyl (C=O) groups is 1. The van der Waals surface area contributed by atoms with Gasteiger partial charge in [0.15, 0.2) is 0 Å². The summed E-state index contributed by atoms with van der Waals surface area (Å²) in [6, 6.07) is 17.9. The molecule has 138 valence electrons. The van der Waals surface area contributed by atoms with Crippen molar-refractivity contribution in [3.8, 4) is 5.75 Å². The number of hydrogen-bond acceptors (Lipinski definition) is 3. The average molecular weight is 353 g/mol. The molecule has 4 heteroatoms. The summed E-state index contributed by atoms with van der Waals surface area (Å²) in [6.07, 6.45) is 0. The lowest BCUT2D eigenvalue weighted by molar-refractivity contribution is -0.141. The van der Waals surface area contributed by atoms with Gasteiger partial charge in [-0.05, 0) is 44.0 Å². The lowest BCUT2D eigenvalue weighted by Gasteiger charge is -2.31. The molecule has 1 N–H and O–H groups in total. The highest BCUT2D eigenvalue weighted by Gasteiger charge is 2.42. The number of hydrogen-bond donors (Lipinski definition) is 1. The molecule has 4 nitrogen and oxygen atoms in total. The molecule has 0 radical (unpaired) electrons. The summed E-state index contributed by atoms with van der Waals surface area (Å²) in [5.41, 5.74) is 2.11. The molecule has 2 atom stereocenters. The van der Waals surface area contributed by atoms with Crippen molar-refractivity contribution < 1.29 is 14.6 Å².